The highest BCUT2D eigenvalue weighted by Gasteiger charge is 2.27. The van der Waals surface area contributed by atoms with Crippen LogP contribution in [-0.2, 0) is 16.6 Å². The van der Waals surface area contributed by atoms with E-state index in [-0.39, 0.29) is 17.9 Å². The monoisotopic (exact) mass is 344 g/mol. The quantitative estimate of drug-likeness (QED) is 0.713. The van der Waals surface area contributed by atoms with Gasteiger partial charge in [0.05, 0.1) is 0 Å². The third-order valence-electron chi connectivity index (χ3n) is 2.72. The first kappa shape index (κ1) is 18.4. The van der Waals surface area contributed by atoms with E-state index < -0.39 is 22.6 Å². The number of halogens is 3. The number of rotatable bonds is 8. The normalized spacial score (nSPS) is 12.8. The summed E-state index contributed by atoms with van der Waals surface area (Å²) in [6.45, 7) is 4.49. The van der Waals surface area contributed by atoms with Gasteiger partial charge < -0.3 is 5.32 Å². The van der Waals surface area contributed by atoms with Gasteiger partial charge in [-0.3, -0.25) is 0 Å². The van der Waals surface area contributed by atoms with Gasteiger partial charge >= 0.3 is 6.18 Å². The molecule has 9 heteroatoms. The van der Waals surface area contributed by atoms with Gasteiger partial charge in [-0.25, -0.2) is 13.1 Å². The zero-order valence-electron chi connectivity index (χ0n) is 11.9. The molecule has 0 atom stereocenters. The number of hydrogen-bond donors (Lipinski definition) is 2. The molecule has 0 unspecified atom stereocenters. The van der Waals surface area contributed by atoms with Crippen molar-refractivity contribution in [3.05, 3.63) is 15.8 Å². The maximum Gasteiger partial charge on any atom is 0.389 e. The molecule has 1 aromatic heterocycles. The maximum atomic E-state index is 12.2. The van der Waals surface area contributed by atoms with Crippen molar-refractivity contribution in [1.82, 2.24) is 10.0 Å². The Morgan fingerprint density at radius 3 is 2.57 bits per heavy atom. The van der Waals surface area contributed by atoms with Crippen molar-refractivity contribution in [3.63, 3.8) is 0 Å². The van der Waals surface area contributed by atoms with E-state index in [2.05, 4.69) is 10.0 Å². The van der Waals surface area contributed by atoms with Gasteiger partial charge in [0.1, 0.15) is 4.90 Å². The van der Waals surface area contributed by atoms with E-state index in [9.17, 15) is 21.6 Å². The molecule has 0 fully saturated rings. The molecule has 1 heterocycles. The molecule has 0 aromatic carbocycles. The largest absolute Gasteiger partial charge is 0.389 e. The van der Waals surface area contributed by atoms with E-state index in [4.69, 9.17) is 0 Å². The molecule has 0 aliphatic heterocycles. The Balaban J connectivity index is 2.72. The molecule has 0 aliphatic rings. The molecule has 0 bridgehead atoms. The summed E-state index contributed by atoms with van der Waals surface area (Å²) in [6.07, 6.45) is -5.53. The van der Waals surface area contributed by atoms with Crippen molar-refractivity contribution in [3.8, 4) is 0 Å². The standard InChI is InChI=1S/C12H19F3N2O2S2/c1-3-16-7-10-11(9(2)8-20-10)21(18,19)17-6-4-5-12(13,14)15/h8,16-17H,3-7H2,1-2H3. The Hall–Kier alpha value is -0.640. The summed E-state index contributed by atoms with van der Waals surface area (Å²) in [5, 5.41) is 4.78. The van der Waals surface area contributed by atoms with Crippen molar-refractivity contribution in [2.75, 3.05) is 13.1 Å². The van der Waals surface area contributed by atoms with Crippen LogP contribution in [0.1, 0.15) is 30.2 Å². The van der Waals surface area contributed by atoms with Crippen LogP contribution in [0.25, 0.3) is 0 Å². The predicted molar refractivity (Wildman–Crippen MR) is 76.9 cm³/mol. The van der Waals surface area contributed by atoms with Crippen molar-refractivity contribution in [2.45, 2.75) is 44.3 Å². The van der Waals surface area contributed by atoms with Gasteiger partial charge in [-0.05, 0) is 30.8 Å². The van der Waals surface area contributed by atoms with Crippen molar-refractivity contribution < 1.29 is 21.6 Å². The first-order chi connectivity index (χ1) is 9.67. The highest BCUT2D eigenvalue weighted by Crippen LogP contribution is 2.27. The average Bonchev–Trinajstić information content (AvgIpc) is 2.73. The lowest BCUT2D eigenvalue weighted by Gasteiger charge is -2.10. The number of thiophene rings is 1. The number of sulfonamides is 1. The molecule has 2 N–H and O–H groups in total. The SMILES string of the molecule is CCNCc1scc(C)c1S(=O)(=O)NCCCC(F)(F)F. The smallest absolute Gasteiger partial charge is 0.312 e. The van der Waals surface area contributed by atoms with Crippen LogP contribution in [0.2, 0.25) is 0 Å². The Morgan fingerprint density at radius 2 is 2.00 bits per heavy atom. The molecule has 21 heavy (non-hydrogen) atoms. The summed E-state index contributed by atoms with van der Waals surface area (Å²) in [7, 11) is -3.77. The van der Waals surface area contributed by atoms with Crippen LogP contribution in [-0.4, -0.2) is 27.7 Å². The van der Waals surface area contributed by atoms with E-state index in [0.717, 1.165) is 0 Å². The van der Waals surface area contributed by atoms with Crippen LogP contribution in [0.4, 0.5) is 13.2 Å². The zero-order valence-corrected chi connectivity index (χ0v) is 13.5. The summed E-state index contributed by atoms with van der Waals surface area (Å²) in [6, 6.07) is 0. The molecule has 0 radical (unpaired) electrons. The molecule has 0 saturated heterocycles. The van der Waals surface area contributed by atoms with Crippen LogP contribution in [0.3, 0.4) is 0 Å². The third kappa shape index (κ3) is 5.93. The molecule has 1 aromatic rings. The second-order valence-corrected chi connectivity index (χ2v) is 7.24. The second-order valence-electron chi connectivity index (χ2n) is 4.57. The van der Waals surface area contributed by atoms with Crippen LogP contribution in [0.15, 0.2) is 10.3 Å². The lowest BCUT2D eigenvalue weighted by molar-refractivity contribution is -0.135. The summed E-state index contributed by atoms with van der Waals surface area (Å²) in [5.74, 6) is 0. The van der Waals surface area contributed by atoms with Crippen molar-refractivity contribution in [2.24, 2.45) is 0 Å². The number of alkyl halides is 3. The number of nitrogens with one attached hydrogen (secondary N) is 2. The van der Waals surface area contributed by atoms with Crippen LogP contribution in [0, 0.1) is 6.92 Å². The van der Waals surface area contributed by atoms with Crippen LogP contribution in [0.5, 0.6) is 0 Å². The molecule has 0 saturated carbocycles. The first-order valence-corrected chi connectivity index (χ1v) is 8.87. The zero-order chi connectivity index (χ0) is 16.1. The first-order valence-electron chi connectivity index (χ1n) is 6.51. The molecule has 0 spiro atoms. The van der Waals surface area contributed by atoms with Gasteiger partial charge in [-0.15, -0.1) is 11.3 Å². The van der Waals surface area contributed by atoms with Crippen molar-refractivity contribution in [1.29, 1.82) is 0 Å². The molecule has 122 valence electrons. The highest BCUT2D eigenvalue weighted by atomic mass is 32.2. The van der Waals surface area contributed by atoms with Gasteiger partial charge in [0.2, 0.25) is 10.0 Å². The lowest BCUT2D eigenvalue weighted by atomic mass is 10.3. The van der Waals surface area contributed by atoms with Gasteiger partial charge in [0.25, 0.3) is 0 Å². The van der Waals surface area contributed by atoms with E-state index in [1.165, 1.54) is 11.3 Å². The summed E-state index contributed by atoms with van der Waals surface area (Å²) < 4.78 is 62.8. The average molecular weight is 344 g/mol. The van der Waals surface area contributed by atoms with Crippen LogP contribution < -0.4 is 10.0 Å². The predicted octanol–water partition coefficient (Wildman–Crippen LogP) is 2.79. The molecule has 0 amide bonds. The molecular formula is C12H19F3N2O2S2. The van der Waals surface area contributed by atoms with Gasteiger partial charge in [0, 0.05) is 24.4 Å². The Labute approximate surface area is 126 Å². The van der Waals surface area contributed by atoms with Gasteiger partial charge in [-0.2, -0.15) is 13.2 Å². The lowest BCUT2D eigenvalue weighted by Crippen LogP contribution is -2.27. The van der Waals surface area contributed by atoms with Gasteiger partial charge in [0.15, 0.2) is 0 Å². The minimum absolute atomic E-state index is 0.181. The summed E-state index contributed by atoms with van der Waals surface area (Å²) in [4.78, 5) is 0.845. The van der Waals surface area contributed by atoms with Crippen molar-refractivity contribution >= 4 is 21.4 Å². The number of hydrogen-bond acceptors (Lipinski definition) is 4. The minimum atomic E-state index is -4.26. The van der Waals surface area contributed by atoms with E-state index in [0.29, 0.717) is 23.5 Å². The summed E-state index contributed by atoms with van der Waals surface area (Å²) in [5.41, 5.74) is 0.608. The molecule has 1 rings (SSSR count). The van der Waals surface area contributed by atoms with Gasteiger partial charge in [-0.1, -0.05) is 6.92 Å². The third-order valence-corrected chi connectivity index (χ3v) is 5.65. The van der Waals surface area contributed by atoms with E-state index in [1.54, 1.807) is 12.3 Å². The maximum absolute atomic E-state index is 12.2. The summed E-state index contributed by atoms with van der Waals surface area (Å²) >= 11 is 1.32. The Bertz CT molecular complexity index is 553. The molecular weight excluding hydrogens is 325 g/mol. The second kappa shape index (κ2) is 7.57. The number of aryl methyl sites for hydroxylation is 1. The van der Waals surface area contributed by atoms with Crippen LogP contribution >= 0.6 is 11.3 Å². The highest BCUT2D eigenvalue weighted by molar-refractivity contribution is 7.89. The minimum Gasteiger partial charge on any atom is -0.312 e. The fourth-order valence-electron chi connectivity index (χ4n) is 1.78. The Kier molecular flexibility index (Phi) is 6.64. The molecule has 4 nitrogen and oxygen atoms in total. The Morgan fingerprint density at radius 1 is 1.33 bits per heavy atom. The fraction of sp³-hybridized carbons (Fsp3) is 0.667. The molecule has 0 aliphatic carbocycles. The topological polar surface area (TPSA) is 58.2 Å². The van der Waals surface area contributed by atoms with E-state index in [1.807, 2.05) is 6.92 Å². The fourth-order valence-corrected chi connectivity index (χ4v) is 4.63. The van der Waals surface area contributed by atoms with E-state index >= 15 is 0 Å².